The van der Waals surface area contributed by atoms with Crippen LogP contribution in [0.2, 0.25) is 0 Å². The fourth-order valence-electron chi connectivity index (χ4n) is 6.64. The first-order chi connectivity index (χ1) is 17.6. The largest absolute Gasteiger partial charge is 0.466 e. The number of hydrogen-bond donors (Lipinski definition) is 0. The zero-order chi connectivity index (χ0) is 25.1. The van der Waals surface area contributed by atoms with Gasteiger partial charge >= 0.3 is 5.97 Å². The van der Waals surface area contributed by atoms with Crippen molar-refractivity contribution in [3.8, 4) is 0 Å². The van der Waals surface area contributed by atoms with Crippen LogP contribution in [0.15, 0.2) is 48.5 Å². The number of hydrogen-bond acceptors (Lipinski definition) is 4. The van der Waals surface area contributed by atoms with E-state index >= 15 is 0 Å². The zero-order valence-corrected chi connectivity index (χ0v) is 21.3. The molecule has 6 rings (SSSR count). The second-order valence-electron chi connectivity index (χ2n) is 10.5. The van der Waals surface area contributed by atoms with Crippen molar-refractivity contribution in [2.24, 2.45) is 11.8 Å². The van der Waals surface area contributed by atoms with Crippen molar-refractivity contribution in [2.45, 2.75) is 76.5 Å². The van der Waals surface area contributed by atoms with Gasteiger partial charge in [0.2, 0.25) is 11.8 Å². The molecule has 2 amide bonds. The van der Waals surface area contributed by atoms with Crippen LogP contribution in [-0.2, 0) is 19.1 Å². The molecule has 0 aromatic heterocycles. The molecule has 5 nitrogen and oxygen atoms in total. The molecule has 2 bridgehead atoms. The Balaban J connectivity index is 1.15. The third-order valence-electron chi connectivity index (χ3n) is 8.31. The lowest BCUT2D eigenvalue weighted by atomic mass is 9.55. The molecule has 1 fully saturated rings. The quantitative estimate of drug-likeness (QED) is 0.211. The van der Waals surface area contributed by atoms with Crippen LogP contribution in [0.3, 0.4) is 0 Å². The second kappa shape index (κ2) is 11.0. The van der Waals surface area contributed by atoms with Gasteiger partial charge in [-0.2, -0.15) is 0 Å². The normalized spacial score (nSPS) is 23.4. The van der Waals surface area contributed by atoms with E-state index in [1.807, 2.05) is 24.3 Å². The fraction of sp³-hybridized carbons (Fsp3) is 0.516. The minimum Gasteiger partial charge on any atom is -0.466 e. The first-order valence-electron chi connectivity index (χ1n) is 13.8. The average molecular weight is 488 g/mol. The SMILES string of the molecule is CCCCCCCOC(=O)CCCCCN1C(=O)[C@@H]2C3c4ccccc4C(c4ccccc43)[C@H]2C1=O. The van der Waals surface area contributed by atoms with Gasteiger partial charge in [0.1, 0.15) is 0 Å². The zero-order valence-electron chi connectivity index (χ0n) is 21.3. The molecule has 1 heterocycles. The highest BCUT2D eigenvalue weighted by atomic mass is 16.5. The van der Waals surface area contributed by atoms with Crippen molar-refractivity contribution in [1.82, 2.24) is 4.90 Å². The molecule has 0 saturated carbocycles. The summed E-state index contributed by atoms with van der Waals surface area (Å²) in [5.74, 6) is -0.898. The average Bonchev–Trinajstić information content (AvgIpc) is 3.16. The van der Waals surface area contributed by atoms with Crippen LogP contribution in [0.25, 0.3) is 0 Å². The van der Waals surface area contributed by atoms with Crippen molar-refractivity contribution in [1.29, 1.82) is 0 Å². The summed E-state index contributed by atoms with van der Waals surface area (Å²) in [6, 6.07) is 16.7. The lowest BCUT2D eigenvalue weighted by Gasteiger charge is -2.45. The number of amides is 2. The third kappa shape index (κ3) is 4.49. The van der Waals surface area contributed by atoms with Gasteiger partial charge in [-0.15, -0.1) is 0 Å². The lowest BCUT2D eigenvalue weighted by Crippen LogP contribution is -2.41. The third-order valence-corrected chi connectivity index (χ3v) is 8.31. The first kappa shape index (κ1) is 24.7. The Kier molecular flexibility index (Phi) is 7.54. The van der Waals surface area contributed by atoms with E-state index < -0.39 is 0 Å². The summed E-state index contributed by atoms with van der Waals surface area (Å²) in [5.41, 5.74) is 4.81. The number of esters is 1. The minimum atomic E-state index is -0.306. The Hall–Kier alpha value is -2.95. The first-order valence-corrected chi connectivity index (χ1v) is 13.8. The number of rotatable bonds is 12. The van der Waals surface area contributed by atoms with Crippen LogP contribution in [0, 0.1) is 11.8 Å². The van der Waals surface area contributed by atoms with Crippen molar-refractivity contribution < 1.29 is 19.1 Å². The fourth-order valence-corrected chi connectivity index (χ4v) is 6.64. The standard InChI is InChI=1S/C31H37NO4/c1-2-3-4-5-13-20-36-25(33)18-7-6-12-19-32-30(34)28-26-21-14-8-9-15-22(21)27(29(28)31(32)35)24-17-11-10-16-23(24)26/h8-11,14-17,26-29H,2-7,12-13,18-20H2,1H3/t26?,27?,28-,29-/m1/s1. The minimum absolute atomic E-state index is 0.0218. The summed E-state index contributed by atoms with van der Waals surface area (Å²) in [6.45, 7) is 3.13. The Bertz CT molecular complexity index is 1010. The molecule has 4 aliphatic rings. The smallest absolute Gasteiger partial charge is 0.305 e. The Morgan fingerprint density at radius 1 is 0.722 bits per heavy atom. The van der Waals surface area contributed by atoms with Gasteiger partial charge in [0, 0.05) is 24.8 Å². The summed E-state index contributed by atoms with van der Waals surface area (Å²) < 4.78 is 5.33. The van der Waals surface area contributed by atoms with E-state index in [1.54, 1.807) is 0 Å². The predicted molar refractivity (Wildman–Crippen MR) is 138 cm³/mol. The van der Waals surface area contributed by atoms with Crippen molar-refractivity contribution in [3.63, 3.8) is 0 Å². The maximum Gasteiger partial charge on any atom is 0.305 e. The molecule has 2 aromatic rings. The molecule has 0 unspecified atom stereocenters. The Morgan fingerprint density at radius 2 is 1.22 bits per heavy atom. The summed E-state index contributed by atoms with van der Waals surface area (Å²) >= 11 is 0. The molecule has 0 N–H and O–H groups in total. The van der Waals surface area contributed by atoms with Crippen molar-refractivity contribution >= 4 is 17.8 Å². The van der Waals surface area contributed by atoms with E-state index in [2.05, 4.69) is 31.2 Å². The molecule has 0 radical (unpaired) electrons. The van der Waals surface area contributed by atoms with Crippen molar-refractivity contribution in [2.75, 3.05) is 13.2 Å². The maximum atomic E-state index is 13.6. The highest BCUT2D eigenvalue weighted by molar-refractivity contribution is 6.07. The van der Waals surface area contributed by atoms with E-state index in [0.717, 1.165) is 32.1 Å². The summed E-state index contributed by atoms with van der Waals surface area (Å²) in [6.07, 6.45) is 8.32. The highest BCUT2D eigenvalue weighted by Gasteiger charge is 2.61. The highest BCUT2D eigenvalue weighted by Crippen LogP contribution is 2.60. The van der Waals surface area contributed by atoms with E-state index in [4.69, 9.17) is 4.74 Å². The number of unbranched alkanes of at least 4 members (excludes halogenated alkanes) is 6. The van der Waals surface area contributed by atoms with Crippen LogP contribution in [-0.4, -0.2) is 35.8 Å². The van der Waals surface area contributed by atoms with Crippen LogP contribution in [0.5, 0.6) is 0 Å². The molecule has 36 heavy (non-hydrogen) atoms. The molecule has 1 saturated heterocycles. The molecule has 5 heteroatoms. The number of nitrogens with zero attached hydrogens (tertiary/aromatic N) is 1. The summed E-state index contributed by atoms with van der Waals surface area (Å²) in [5, 5.41) is 0. The number of carbonyl (C=O) groups excluding carboxylic acids is 3. The topological polar surface area (TPSA) is 63.7 Å². The summed E-state index contributed by atoms with van der Waals surface area (Å²) in [7, 11) is 0. The second-order valence-corrected chi connectivity index (χ2v) is 10.5. The monoisotopic (exact) mass is 487 g/mol. The van der Waals surface area contributed by atoms with Gasteiger partial charge in [0.05, 0.1) is 18.4 Å². The predicted octanol–water partition coefficient (Wildman–Crippen LogP) is 5.95. The maximum absolute atomic E-state index is 13.6. The van der Waals surface area contributed by atoms with E-state index in [9.17, 15) is 14.4 Å². The number of likely N-dealkylation sites (tertiary alicyclic amines) is 1. The van der Waals surface area contributed by atoms with Crippen LogP contribution < -0.4 is 0 Å². The van der Waals surface area contributed by atoms with Gasteiger partial charge in [0.15, 0.2) is 0 Å². The molecule has 0 spiro atoms. The Labute approximate surface area is 214 Å². The number of ether oxygens (including phenoxy) is 1. The van der Waals surface area contributed by atoms with Gasteiger partial charge in [-0.1, -0.05) is 87.6 Å². The van der Waals surface area contributed by atoms with Crippen molar-refractivity contribution in [3.05, 3.63) is 70.8 Å². The van der Waals surface area contributed by atoms with Gasteiger partial charge in [-0.3, -0.25) is 19.3 Å². The molecule has 2 aromatic carbocycles. The van der Waals surface area contributed by atoms with Crippen LogP contribution in [0.1, 0.15) is 98.8 Å². The Morgan fingerprint density at radius 3 is 1.75 bits per heavy atom. The molecule has 2 atom stereocenters. The van der Waals surface area contributed by atoms with E-state index in [0.29, 0.717) is 19.6 Å². The van der Waals surface area contributed by atoms with E-state index in [1.165, 1.54) is 46.4 Å². The summed E-state index contributed by atoms with van der Waals surface area (Å²) in [4.78, 5) is 40.6. The van der Waals surface area contributed by atoms with Gasteiger partial charge < -0.3 is 4.74 Å². The molecule has 1 aliphatic heterocycles. The molecular formula is C31H37NO4. The van der Waals surface area contributed by atoms with Crippen LogP contribution in [0.4, 0.5) is 0 Å². The number of carbonyl (C=O) groups is 3. The number of benzene rings is 2. The van der Waals surface area contributed by atoms with Crippen LogP contribution >= 0.6 is 0 Å². The molecule has 3 aliphatic carbocycles. The molecule has 190 valence electrons. The van der Waals surface area contributed by atoms with E-state index in [-0.39, 0.29) is 41.5 Å². The molecular weight excluding hydrogens is 450 g/mol. The van der Waals surface area contributed by atoms with Gasteiger partial charge in [-0.05, 0) is 41.5 Å². The lowest BCUT2D eigenvalue weighted by molar-refractivity contribution is -0.144. The van der Waals surface area contributed by atoms with Gasteiger partial charge in [0.25, 0.3) is 0 Å². The van der Waals surface area contributed by atoms with Gasteiger partial charge in [-0.25, -0.2) is 0 Å². The number of imide groups is 1.